The lowest BCUT2D eigenvalue weighted by Gasteiger charge is -2.11. The second-order valence-corrected chi connectivity index (χ2v) is 8.28. The third-order valence-electron chi connectivity index (χ3n) is 4.71. The number of carbonyl (C=O) groups is 1. The van der Waals surface area contributed by atoms with Crippen LogP contribution in [-0.2, 0) is 14.9 Å². The number of para-hydroxylation sites is 1. The van der Waals surface area contributed by atoms with Gasteiger partial charge in [0.05, 0.1) is 21.2 Å². The fourth-order valence-electron chi connectivity index (χ4n) is 3.08. The van der Waals surface area contributed by atoms with E-state index in [0.717, 1.165) is 12.1 Å². The summed E-state index contributed by atoms with van der Waals surface area (Å²) in [6, 6.07) is 18.0. The molecule has 0 fully saturated rings. The molecule has 166 valence electrons. The zero-order chi connectivity index (χ0) is 23.6. The number of nitro groups is 1. The van der Waals surface area contributed by atoms with Crippen LogP contribution in [0.3, 0.4) is 0 Å². The summed E-state index contributed by atoms with van der Waals surface area (Å²) in [6.45, 7) is 0. The lowest BCUT2D eigenvalue weighted by molar-refractivity contribution is -0.384. The van der Waals surface area contributed by atoms with Gasteiger partial charge in [0, 0.05) is 17.7 Å². The number of hydrogen-bond donors (Lipinski definition) is 1. The number of non-ortho nitro benzene ring substituents is 1. The van der Waals surface area contributed by atoms with Crippen LogP contribution in [0.25, 0.3) is 0 Å². The van der Waals surface area contributed by atoms with Gasteiger partial charge in [-0.2, -0.15) is 28.8 Å². The largest absolute Gasteiger partial charge is 0.294 e. The fourth-order valence-corrected chi connectivity index (χ4v) is 3.56. The molecule has 1 atom stereocenters. The van der Waals surface area contributed by atoms with Gasteiger partial charge in [0.15, 0.2) is 6.04 Å². The summed E-state index contributed by atoms with van der Waals surface area (Å²) in [5, 5.41) is 24.7. The highest BCUT2D eigenvalue weighted by Gasteiger charge is 2.38. The molecule has 0 unspecified atom stereocenters. The van der Waals surface area contributed by atoms with Crippen LogP contribution in [-0.4, -0.2) is 35.6 Å². The van der Waals surface area contributed by atoms with Gasteiger partial charge >= 0.3 is 0 Å². The molecule has 1 aliphatic rings. The van der Waals surface area contributed by atoms with Gasteiger partial charge in [-0.3, -0.25) is 19.5 Å². The zero-order valence-corrected chi connectivity index (χ0v) is 17.5. The normalized spacial score (nSPS) is 16.3. The molecule has 1 heterocycles. The lowest BCUT2D eigenvalue weighted by Crippen LogP contribution is -2.30. The Morgan fingerprint density at radius 3 is 2.18 bits per heavy atom. The van der Waals surface area contributed by atoms with E-state index in [9.17, 15) is 23.3 Å². The molecule has 33 heavy (non-hydrogen) atoms. The molecule has 1 N–H and O–H groups in total. The Labute approximate surface area is 187 Å². The number of hydrogen-bond acceptors (Lipinski definition) is 8. The predicted molar refractivity (Wildman–Crippen MR) is 118 cm³/mol. The summed E-state index contributed by atoms with van der Waals surface area (Å²) in [5.74, 6) is -0.479. The van der Waals surface area contributed by atoms with E-state index in [-0.39, 0.29) is 22.0 Å². The third kappa shape index (κ3) is 4.66. The molecule has 0 radical (unpaired) electrons. The molecular formula is C21H15N5O6S. The van der Waals surface area contributed by atoms with Crippen molar-refractivity contribution < 1.29 is 22.7 Å². The van der Waals surface area contributed by atoms with Crippen LogP contribution < -0.4 is 5.01 Å². The minimum Gasteiger partial charge on any atom is -0.282 e. The van der Waals surface area contributed by atoms with Crippen molar-refractivity contribution in [2.24, 2.45) is 15.3 Å². The number of azo groups is 1. The van der Waals surface area contributed by atoms with Crippen molar-refractivity contribution in [1.29, 1.82) is 0 Å². The number of benzene rings is 3. The zero-order valence-electron chi connectivity index (χ0n) is 16.7. The van der Waals surface area contributed by atoms with Crippen molar-refractivity contribution in [2.75, 3.05) is 5.01 Å². The van der Waals surface area contributed by atoms with Gasteiger partial charge in [-0.15, -0.1) is 0 Å². The van der Waals surface area contributed by atoms with Crippen LogP contribution in [0.5, 0.6) is 0 Å². The second kappa shape index (κ2) is 8.68. The SMILES string of the molecule is O=C1[C@@H](N=Nc2ccc(S(=O)(=O)O)cc2)C(c2ccc([N+](=O)[O-])cc2)=NN1c1ccccc1. The number of amides is 1. The first-order valence-electron chi connectivity index (χ1n) is 9.45. The molecule has 1 amide bonds. The Balaban J connectivity index is 1.69. The van der Waals surface area contributed by atoms with Crippen molar-refractivity contribution in [3.05, 3.63) is 94.5 Å². The highest BCUT2D eigenvalue weighted by atomic mass is 32.2. The first kappa shape index (κ1) is 21.9. The minimum absolute atomic E-state index is 0.110. The quantitative estimate of drug-likeness (QED) is 0.253. The first-order valence-corrected chi connectivity index (χ1v) is 10.9. The van der Waals surface area contributed by atoms with Crippen molar-refractivity contribution in [2.45, 2.75) is 10.9 Å². The maximum absolute atomic E-state index is 13.1. The minimum atomic E-state index is -4.35. The molecule has 0 saturated heterocycles. The number of rotatable bonds is 6. The Morgan fingerprint density at radius 1 is 0.970 bits per heavy atom. The van der Waals surface area contributed by atoms with Gasteiger partial charge in [0.2, 0.25) is 0 Å². The van der Waals surface area contributed by atoms with Gasteiger partial charge in [-0.05, 0) is 48.5 Å². The summed E-state index contributed by atoms with van der Waals surface area (Å²) in [6.07, 6.45) is 0. The molecular weight excluding hydrogens is 450 g/mol. The molecule has 0 aliphatic carbocycles. The monoisotopic (exact) mass is 465 g/mol. The Bertz CT molecular complexity index is 1370. The summed E-state index contributed by atoms with van der Waals surface area (Å²) in [5.41, 5.74) is 1.35. The van der Waals surface area contributed by atoms with E-state index < -0.39 is 27.0 Å². The number of anilines is 1. The van der Waals surface area contributed by atoms with Gasteiger partial charge < -0.3 is 0 Å². The summed E-state index contributed by atoms with van der Waals surface area (Å²) >= 11 is 0. The molecule has 0 bridgehead atoms. The van der Waals surface area contributed by atoms with Crippen molar-refractivity contribution >= 4 is 38.8 Å². The standard InChI is InChI=1S/C21H15N5O6S/c27-21-20(23-22-15-8-12-18(13-9-15)33(30,31)32)19(14-6-10-17(11-7-14)26(28)29)24-25(21)16-4-2-1-3-5-16/h1-13,20H,(H,30,31,32)/t20-/m0/s1. The van der Waals surface area contributed by atoms with E-state index in [1.165, 1.54) is 41.4 Å². The van der Waals surface area contributed by atoms with E-state index in [1.807, 2.05) is 0 Å². The summed E-state index contributed by atoms with van der Waals surface area (Å²) < 4.78 is 31.4. The summed E-state index contributed by atoms with van der Waals surface area (Å²) in [7, 11) is -4.35. The van der Waals surface area contributed by atoms with E-state index >= 15 is 0 Å². The highest BCUT2D eigenvalue weighted by molar-refractivity contribution is 7.85. The Morgan fingerprint density at radius 2 is 1.61 bits per heavy atom. The number of nitrogens with zero attached hydrogens (tertiary/aromatic N) is 5. The maximum Gasteiger partial charge on any atom is 0.294 e. The van der Waals surface area contributed by atoms with Gasteiger partial charge in [0.1, 0.15) is 5.71 Å². The molecule has 3 aromatic carbocycles. The van der Waals surface area contributed by atoms with Crippen LogP contribution in [0.4, 0.5) is 17.1 Å². The predicted octanol–water partition coefficient (Wildman–Crippen LogP) is 3.74. The van der Waals surface area contributed by atoms with Crippen molar-refractivity contribution in [1.82, 2.24) is 0 Å². The van der Waals surface area contributed by atoms with E-state index in [0.29, 0.717) is 11.3 Å². The topological polar surface area (TPSA) is 155 Å². The van der Waals surface area contributed by atoms with Gasteiger partial charge in [-0.1, -0.05) is 18.2 Å². The van der Waals surface area contributed by atoms with E-state index in [1.54, 1.807) is 30.3 Å². The molecule has 0 spiro atoms. The lowest BCUT2D eigenvalue weighted by atomic mass is 10.0. The smallest absolute Gasteiger partial charge is 0.282 e. The van der Waals surface area contributed by atoms with Crippen LogP contribution in [0.2, 0.25) is 0 Å². The van der Waals surface area contributed by atoms with Crippen LogP contribution in [0, 0.1) is 10.1 Å². The van der Waals surface area contributed by atoms with Gasteiger partial charge in [-0.25, -0.2) is 0 Å². The molecule has 3 aromatic rings. The molecule has 12 heteroatoms. The average molecular weight is 465 g/mol. The number of hydrazone groups is 1. The summed E-state index contributed by atoms with van der Waals surface area (Å²) in [4.78, 5) is 23.2. The highest BCUT2D eigenvalue weighted by Crippen LogP contribution is 2.27. The molecule has 0 saturated carbocycles. The molecule has 4 rings (SSSR count). The van der Waals surface area contributed by atoms with E-state index in [2.05, 4.69) is 15.3 Å². The van der Waals surface area contributed by atoms with Crippen molar-refractivity contribution in [3.63, 3.8) is 0 Å². The number of carbonyl (C=O) groups excluding carboxylic acids is 1. The van der Waals surface area contributed by atoms with Crippen LogP contribution in [0.15, 0.2) is 99.1 Å². The maximum atomic E-state index is 13.1. The molecule has 1 aliphatic heterocycles. The Hall–Kier alpha value is -4.29. The average Bonchev–Trinajstić information content (AvgIpc) is 3.14. The Kier molecular flexibility index (Phi) is 5.77. The van der Waals surface area contributed by atoms with Crippen LogP contribution >= 0.6 is 0 Å². The van der Waals surface area contributed by atoms with Crippen LogP contribution in [0.1, 0.15) is 5.56 Å². The second-order valence-electron chi connectivity index (χ2n) is 6.86. The molecule has 0 aromatic heterocycles. The molecule has 11 nitrogen and oxygen atoms in total. The third-order valence-corrected chi connectivity index (χ3v) is 5.58. The van der Waals surface area contributed by atoms with E-state index in [4.69, 9.17) is 4.55 Å². The van der Waals surface area contributed by atoms with Gasteiger partial charge in [0.25, 0.3) is 21.7 Å². The first-order chi connectivity index (χ1) is 15.7. The van der Waals surface area contributed by atoms with Crippen molar-refractivity contribution in [3.8, 4) is 0 Å². The fraction of sp³-hybridized carbons (Fsp3) is 0.0476. The number of nitro benzene ring substituents is 1.